The third-order valence-corrected chi connectivity index (χ3v) is 5.37. The molecule has 3 heterocycles. The van der Waals surface area contributed by atoms with Crippen LogP contribution in [0.3, 0.4) is 0 Å². The summed E-state index contributed by atoms with van der Waals surface area (Å²) in [5.41, 5.74) is 6.05. The Morgan fingerprint density at radius 3 is 2.59 bits per heavy atom. The van der Waals surface area contributed by atoms with Crippen LogP contribution in [-0.4, -0.2) is 4.98 Å². The van der Waals surface area contributed by atoms with Gasteiger partial charge in [0.15, 0.2) is 0 Å². The predicted octanol–water partition coefficient (Wildman–Crippen LogP) is 5.32. The van der Waals surface area contributed by atoms with Gasteiger partial charge in [0.25, 0.3) is 0 Å². The van der Waals surface area contributed by atoms with Gasteiger partial charge < -0.3 is 4.90 Å². The molecule has 0 spiro atoms. The van der Waals surface area contributed by atoms with Gasteiger partial charge in [0.2, 0.25) is 0 Å². The lowest BCUT2D eigenvalue weighted by atomic mass is 9.70. The first-order valence-electron chi connectivity index (χ1n) is 7.60. The number of fused-ring (bicyclic) bond motifs is 2. The number of benzene rings is 1. The van der Waals surface area contributed by atoms with Crippen LogP contribution in [0.1, 0.15) is 44.4 Å². The molecule has 0 unspecified atom stereocenters. The van der Waals surface area contributed by atoms with Crippen LogP contribution in [0.5, 0.6) is 0 Å². The zero-order valence-corrected chi connectivity index (χ0v) is 14.1. The Bertz CT molecular complexity index is 818. The van der Waals surface area contributed by atoms with Crippen molar-refractivity contribution in [3.8, 4) is 0 Å². The first-order chi connectivity index (χ1) is 10.3. The molecule has 1 aromatic carbocycles. The number of aromatic nitrogens is 1. The number of hydrogen-bond donors (Lipinski definition) is 0. The van der Waals surface area contributed by atoms with Crippen LogP contribution in [0.15, 0.2) is 42.9 Å². The minimum absolute atomic E-state index is 0.0699. The number of pyridine rings is 1. The summed E-state index contributed by atoms with van der Waals surface area (Å²) in [6.07, 6.45) is 8.25. The minimum Gasteiger partial charge on any atom is -0.316 e. The molecule has 0 aliphatic carbocycles. The summed E-state index contributed by atoms with van der Waals surface area (Å²) in [6.45, 7) is 8.97. The van der Waals surface area contributed by atoms with E-state index in [-0.39, 0.29) is 10.8 Å². The highest BCUT2D eigenvalue weighted by atomic mass is 35.5. The summed E-state index contributed by atoms with van der Waals surface area (Å²) in [7, 11) is 0. The van der Waals surface area contributed by atoms with Gasteiger partial charge in [0, 0.05) is 45.6 Å². The quantitative estimate of drug-likeness (QED) is 0.655. The van der Waals surface area contributed by atoms with E-state index in [9.17, 15) is 0 Å². The summed E-state index contributed by atoms with van der Waals surface area (Å²) >= 11 is 6.59. The molecule has 0 saturated heterocycles. The van der Waals surface area contributed by atoms with E-state index < -0.39 is 0 Å². The summed E-state index contributed by atoms with van der Waals surface area (Å²) in [5, 5.41) is 0.839. The molecule has 0 saturated carbocycles. The Labute approximate surface area is 136 Å². The van der Waals surface area contributed by atoms with E-state index in [1.54, 1.807) is 0 Å². The SMILES string of the molecule is CC1(C)C=CN2c3ccncc3C(C)(C)c3ccc(Cl)c1c32. The molecular formula is C19H19ClN2. The van der Waals surface area contributed by atoms with Crippen molar-refractivity contribution in [1.29, 1.82) is 0 Å². The van der Waals surface area contributed by atoms with E-state index in [4.69, 9.17) is 11.6 Å². The monoisotopic (exact) mass is 310 g/mol. The van der Waals surface area contributed by atoms with E-state index in [0.717, 1.165) is 5.02 Å². The van der Waals surface area contributed by atoms with Gasteiger partial charge in [0.05, 0.1) is 11.4 Å². The molecule has 0 amide bonds. The average molecular weight is 311 g/mol. The number of anilines is 2. The Hall–Kier alpha value is -1.80. The van der Waals surface area contributed by atoms with Gasteiger partial charge in [-0.05, 0) is 17.7 Å². The Balaban J connectivity index is 2.15. The molecule has 0 radical (unpaired) electrons. The smallest absolute Gasteiger partial charge is 0.0551 e. The fourth-order valence-electron chi connectivity index (χ4n) is 3.78. The summed E-state index contributed by atoms with van der Waals surface area (Å²) < 4.78 is 0. The molecule has 1 aromatic heterocycles. The van der Waals surface area contributed by atoms with Gasteiger partial charge in [-0.2, -0.15) is 0 Å². The van der Waals surface area contributed by atoms with Crippen LogP contribution in [0, 0.1) is 0 Å². The van der Waals surface area contributed by atoms with E-state index in [1.807, 2.05) is 18.5 Å². The maximum atomic E-state index is 6.59. The topological polar surface area (TPSA) is 16.1 Å². The number of rotatable bonds is 0. The Kier molecular flexibility index (Phi) is 2.60. The molecule has 0 fully saturated rings. The maximum Gasteiger partial charge on any atom is 0.0551 e. The zero-order chi connectivity index (χ0) is 15.7. The van der Waals surface area contributed by atoms with Gasteiger partial charge >= 0.3 is 0 Å². The third-order valence-electron chi connectivity index (χ3n) is 5.06. The van der Waals surface area contributed by atoms with Crippen molar-refractivity contribution in [3.05, 3.63) is 64.6 Å². The summed E-state index contributed by atoms with van der Waals surface area (Å²) in [4.78, 5) is 6.61. The van der Waals surface area contributed by atoms with Crippen molar-refractivity contribution in [2.45, 2.75) is 38.5 Å². The lowest BCUT2D eigenvalue weighted by molar-refractivity contribution is 0.606. The highest BCUT2D eigenvalue weighted by Gasteiger charge is 2.41. The van der Waals surface area contributed by atoms with Crippen LogP contribution in [0.2, 0.25) is 5.02 Å². The highest BCUT2D eigenvalue weighted by Crippen LogP contribution is 2.55. The van der Waals surface area contributed by atoms with Crippen molar-refractivity contribution in [3.63, 3.8) is 0 Å². The van der Waals surface area contributed by atoms with Crippen molar-refractivity contribution in [2.75, 3.05) is 4.90 Å². The molecule has 2 aliphatic rings. The first kappa shape index (κ1) is 13.8. The van der Waals surface area contributed by atoms with Gasteiger partial charge in [-0.1, -0.05) is 51.4 Å². The normalized spacial score (nSPS) is 19.6. The average Bonchev–Trinajstić information content (AvgIpc) is 2.46. The summed E-state index contributed by atoms with van der Waals surface area (Å²) in [6, 6.07) is 6.30. The second kappa shape index (κ2) is 4.14. The second-order valence-electron chi connectivity index (χ2n) is 7.24. The Morgan fingerprint density at radius 1 is 1.05 bits per heavy atom. The maximum absolute atomic E-state index is 6.59. The number of nitrogens with zero attached hydrogens (tertiary/aromatic N) is 2. The van der Waals surface area contributed by atoms with E-state index in [1.165, 1.54) is 28.1 Å². The molecule has 0 bridgehead atoms. The van der Waals surface area contributed by atoms with Gasteiger partial charge in [-0.25, -0.2) is 0 Å². The molecule has 4 rings (SSSR count). The lowest BCUT2D eigenvalue weighted by Gasteiger charge is -2.45. The van der Waals surface area contributed by atoms with Gasteiger partial charge in [-0.15, -0.1) is 0 Å². The first-order valence-corrected chi connectivity index (χ1v) is 7.98. The van der Waals surface area contributed by atoms with Crippen LogP contribution >= 0.6 is 11.6 Å². The van der Waals surface area contributed by atoms with Crippen LogP contribution in [0.4, 0.5) is 11.4 Å². The van der Waals surface area contributed by atoms with Crippen LogP contribution < -0.4 is 4.90 Å². The van der Waals surface area contributed by atoms with Crippen molar-refractivity contribution in [2.24, 2.45) is 0 Å². The molecule has 2 aromatic rings. The molecule has 3 heteroatoms. The van der Waals surface area contributed by atoms with Crippen LogP contribution in [-0.2, 0) is 10.8 Å². The fraction of sp³-hybridized carbons (Fsp3) is 0.316. The largest absolute Gasteiger partial charge is 0.316 e. The second-order valence-corrected chi connectivity index (χ2v) is 7.65. The standard InChI is InChI=1S/C19H19ClN2/c1-18(2)8-10-22-15-7-9-21-11-13(15)19(3,4)12-5-6-14(20)16(18)17(12)22/h5-11H,1-4H3. The molecule has 2 aliphatic heterocycles. The van der Waals surface area contributed by atoms with Gasteiger partial charge in [-0.3, -0.25) is 4.98 Å². The van der Waals surface area contributed by atoms with Crippen molar-refractivity contribution >= 4 is 23.0 Å². The highest BCUT2D eigenvalue weighted by molar-refractivity contribution is 6.32. The van der Waals surface area contributed by atoms with Crippen LogP contribution in [0.25, 0.3) is 0 Å². The van der Waals surface area contributed by atoms with Crippen molar-refractivity contribution in [1.82, 2.24) is 4.98 Å². The van der Waals surface area contributed by atoms with E-state index in [0.29, 0.717) is 0 Å². The molecule has 0 atom stereocenters. The fourth-order valence-corrected chi connectivity index (χ4v) is 4.17. The van der Waals surface area contributed by atoms with Gasteiger partial charge in [0.1, 0.15) is 0 Å². The Morgan fingerprint density at radius 2 is 1.82 bits per heavy atom. The van der Waals surface area contributed by atoms with E-state index >= 15 is 0 Å². The zero-order valence-electron chi connectivity index (χ0n) is 13.3. The molecular weight excluding hydrogens is 292 g/mol. The minimum atomic E-state index is -0.0873. The number of allylic oxidation sites excluding steroid dienone is 1. The number of halogens is 1. The lowest BCUT2D eigenvalue weighted by Crippen LogP contribution is -2.35. The molecule has 2 nitrogen and oxygen atoms in total. The molecule has 112 valence electrons. The molecule has 0 N–H and O–H groups in total. The summed E-state index contributed by atoms with van der Waals surface area (Å²) in [5.74, 6) is 0. The van der Waals surface area contributed by atoms with E-state index in [2.05, 4.69) is 62.0 Å². The van der Waals surface area contributed by atoms with Crippen molar-refractivity contribution < 1.29 is 0 Å². The third kappa shape index (κ3) is 1.59. The predicted molar refractivity (Wildman–Crippen MR) is 92.1 cm³/mol. The number of hydrogen-bond acceptors (Lipinski definition) is 2. The molecule has 22 heavy (non-hydrogen) atoms.